The van der Waals surface area contributed by atoms with E-state index < -0.39 is 29.8 Å². The Morgan fingerprint density at radius 1 is 0.957 bits per heavy atom. The molecule has 0 aliphatic carbocycles. The van der Waals surface area contributed by atoms with Crippen LogP contribution in [-0.4, -0.2) is 28.8 Å². The van der Waals surface area contributed by atoms with Gasteiger partial charge in [-0.2, -0.15) is 0 Å². The molecule has 0 saturated carbocycles. The minimum atomic E-state index is -2.83. The Morgan fingerprint density at radius 2 is 1.48 bits per heavy atom. The molecule has 0 spiro atoms. The third-order valence-electron chi connectivity index (χ3n) is 3.71. The van der Waals surface area contributed by atoms with Crippen LogP contribution in [0.4, 0.5) is 8.78 Å². The van der Waals surface area contributed by atoms with Gasteiger partial charge in [0.25, 0.3) is 17.6 Å². The second kappa shape index (κ2) is 5.39. The molecule has 6 heteroatoms. The highest BCUT2D eigenvalue weighted by Gasteiger charge is 2.49. The lowest BCUT2D eigenvalue weighted by molar-refractivity contribution is -0.125. The summed E-state index contributed by atoms with van der Waals surface area (Å²) in [4.78, 5) is 36.3. The molecule has 1 atom stereocenters. The predicted molar refractivity (Wildman–Crippen MR) is 76.9 cm³/mol. The summed E-state index contributed by atoms with van der Waals surface area (Å²) in [5, 5.41) is 0. The normalized spacial score (nSPS) is 16.2. The molecular formula is C17H11F2NO3. The van der Waals surface area contributed by atoms with Gasteiger partial charge in [0.1, 0.15) is 5.82 Å². The van der Waals surface area contributed by atoms with Crippen molar-refractivity contribution in [1.29, 1.82) is 0 Å². The summed E-state index contributed by atoms with van der Waals surface area (Å²) in [5.41, 5.74) is 0.401. The number of imide groups is 1. The Hall–Kier alpha value is -2.89. The molecule has 4 nitrogen and oxygen atoms in total. The highest BCUT2D eigenvalue weighted by Crippen LogP contribution is 2.31. The molecule has 0 saturated heterocycles. The fourth-order valence-corrected chi connectivity index (χ4v) is 2.59. The maximum absolute atomic E-state index is 15.1. The molecule has 0 aromatic heterocycles. The zero-order chi connectivity index (χ0) is 16.6. The molecule has 0 N–H and O–H groups in total. The van der Waals surface area contributed by atoms with Gasteiger partial charge in [-0.3, -0.25) is 14.4 Å². The van der Waals surface area contributed by atoms with E-state index in [9.17, 15) is 18.8 Å². The van der Waals surface area contributed by atoms with Crippen molar-refractivity contribution < 1.29 is 23.2 Å². The van der Waals surface area contributed by atoms with Crippen molar-refractivity contribution in [3.05, 3.63) is 71.0 Å². The number of hydrogen-bond donors (Lipinski definition) is 0. The van der Waals surface area contributed by atoms with Crippen molar-refractivity contribution in [3.8, 4) is 0 Å². The van der Waals surface area contributed by atoms with Gasteiger partial charge in [0, 0.05) is 6.42 Å². The first-order valence-corrected chi connectivity index (χ1v) is 6.84. The summed E-state index contributed by atoms with van der Waals surface area (Å²) in [5.74, 6) is -5.06. The van der Waals surface area contributed by atoms with E-state index in [2.05, 4.69) is 0 Å². The molecule has 2 aromatic carbocycles. The molecule has 0 bridgehead atoms. The predicted octanol–water partition coefficient (Wildman–Crippen LogP) is 2.53. The van der Waals surface area contributed by atoms with E-state index in [1.807, 2.05) is 0 Å². The Balaban J connectivity index is 1.98. The number of halogens is 2. The standard InChI is InChI=1S/C17H11F2NO3/c18-12-7-5-11(6-8-12)9-17(19,10-21)20-15(22)13-3-1-2-4-14(13)16(20)23/h1-8,10H,9H2/t17-/m1/s1. The molecule has 0 unspecified atom stereocenters. The van der Waals surface area contributed by atoms with Gasteiger partial charge >= 0.3 is 0 Å². The smallest absolute Gasteiger partial charge is 0.264 e. The molecule has 3 rings (SSSR count). The van der Waals surface area contributed by atoms with Crippen molar-refractivity contribution in [2.24, 2.45) is 0 Å². The van der Waals surface area contributed by atoms with Crippen LogP contribution in [-0.2, 0) is 11.2 Å². The summed E-state index contributed by atoms with van der Waals surface area (Å²) in [6, 6.07) is 10.7. The van der Waals surface area contributed by atoms with Crippen molar-refractivity contribution in [1.82, 2.24) is 4.90 Å². The molecule has 116 valence electrons. The maximum Gasteiger partial charge on any atom is 0.264 e. The largest absolute Gasteiger partial charge is 0.298 e. The number of carbonyl (C=O) groups excluding carboxylic acids is 3. The topological polar surface area (TPSA) is 54.5 Å². The zero-order valence-corrected chi connectivity index (χ0v) is 11.8. The van der Waals surface area contributed by atoms with Crippen LogP contribution in [0, 0.1) is 5.82 Å². The van der Waals surface area contributed by atoms with Gasteiger partial charge in [0.05, 0.1) is 11.1 Å². The minimum absolute atomic E-state index is 0.0560. The molecular weight excluding hydrogens is 304 g/mol. The SMILES string of the molecule is O=C[C@@](F)(Cc1ccc(F)cc1)N1C(=O)c2ccccc2C1=O. The summed E-state index contributed by atoms with van der Waals surface area (Å²) in [7, 11) is 0. The van der Waals surface area contributed by atoms with Gasteiger partial charge in [-0.25, -0.2) is 13.7 Å². The molecule has 1 heterocycles. The number of amides is 2. The quantitative estimate of drug-likeness (QED) is 0.495. The summed E-state index contributed by atoms with van der Waals surface area (Å²) in [6.45, 7) is 0. The van der Waals surface area contributed by atoms with Crippen LogP contribution in [0.2, 0.25) is 0 Å². The molecule has 2 aromatic rings. The average molecular weight is 315 g/mol. The Labute approximate surface area is 130 Å². The van der Waals surface area contributed by atoms with Crippen LogP contribution in [0.15, 0.2) is 48.5 Å². The number of hydrogen-bond acceptors (Lipinski definition) is 3. The minimum Gasteiger partial charge on any atom is -0.298 e. The van der Waals surface area contributed by atoms with Crippen LogP contribution < -0.4 is 0 Å². The number of alkyl halides is 1. The second-order valence-corrected chi connectivity index (χ2v) is 5.23. The fraction of sp³-hybridized carbons (Fsp3) is 0.118. The van der Waals surface area contributed by atoms with E-state index in [-0.39, 0.29) is 23.0 Å². The first-order valence-electron chi connectivity index (χ1n) is 6.84. The molecule has 2 amide bonds. The third kappa shape index (κ3) is 2.42. The van der Waals surface area contributed by atoms with Crippen LogP contribution in [0.3, 0.4) is 0 Å². The van der Waals surface area contributed by atoms with Crippen molar-refractivity contribution >= 4 is 18.1 Å². The van der Waals surface area contributed by atoms with Gasteiger partial charge in [0.2, 0.25) is 0 Å². The monoisotopic (exact) mass is 315 g/mol. The van der Waals surface area contributed by atoms with E-state index >= 15 is 4.39 Å². The van der Waals surface area contributed by atoms with Crippen molar-refractivity contribution in [2.75, 3.05) is 0 Å². The number of rotatable bonds is 4. The lowest BCUT2D eigenvalue weighted by Gasteiger charge is -2.28. The van der Waals surface area contributed by atoms with E-state index in [4.69, 9.17) is 0 Å². The van der Waals surface area contributed by atoms with E-state index in [1.165, 1.54) is 24.3 Å². The third-order valence-corrected chi connectivity index (χ3v) is 3.71. The van der Waals surface area contributed by atoms with Gasteiger partial charge in [-0.05, 0) is 29.8 Å². The highest BCUT2D eigenvalue weighted by atomic mass is 19.1. The van der Waals surface area contributed by atoms with E-state index in [1.54, 1.807) is 12.1 Å². The first kappa shape index (κ1) is 15.0. The van der Waals surface area contributed by atoms with Crippen LogP contribution >= 0.6 is 0 Å². The highest BCUT2D eigenvalue weighted by molar-refractivity contribution is 6.22. The molecule has 0 fully saturated rings. The molecule has 1 aliphatic heterocycles. The van der Waals surface area contributed by atoms with Crippen molar-refractivity contribution in [2.45, 2.75) is 12.2 Å². The number of benzene rings is 2. The fourth-order valence-electron chi connectivity index (χ4n) is 2.59. The zero-order valence-electron chi connectivity index (χ0n) is 11.8. The van der Waals surface area contributed by atoms with Crippen molar-refractivity contribution in [3.63, 3.8) is 0 Å². The first-order chi connectivity index (χ1) is 11.0. The van der Waals surface area contributed by atoms with Crippen LogP contribution in [0.25, 0.3) is 0 Å². The average Bonchev–Trinajstić information content (AvgIpc) is 2.82. The summed E-state index contributed by atoms with van der Waals surface area (Å²) >= 11 is 0. The summed E-state index contributed by atoms with van der Waals surface area (Å²) in [6.07, 6.45) is -0.611. The molecule has 23 heavy (non-hydrogen) atoms. The van der Waals surface area contributed by atoms with Gasteiger partial charge in [0.15, 0.2) is 6.29 Å². The number of carbonyl (C=O) groups is 3. The Bertz CT molecular complexity index is 769. The maximum atomic E-state index is 15.1. The number of aldehydes is 1. The lowest BCUT2D eigenvalue weighted by Crippen LogP contribution is -2.51. The number of nitrogens with zero attached hydrogens (tertiary/aromatic N) is 1. The van der Waals surface area contributed by atoms with Gasteiger partial charge in [-0.1, -0.05) is 24.3 Å². The van der Waals surface area contributed by atoms with Gasteiger partial charge in [-0.15, -0.1) is 0 Å². The lowest BCUT2D eigenvalue weighted by atomic mass is 10.0. The van der Waals surface area contributed by atoms with Crippen LogP contribution in [0.1, 0.15) is 26.3 Å². The number of fused-ring (bicyclic) bond motifs is 1. The second-order valence-electron chi connectivity index (χ2n) is 5.23. The van der Waals surface area contributed by atoms with E-state index in [0.717, 1.165) is 12.1 Å². The van der Waals surface area contributed by atoms with Crippen LogP contribution in [0.5, 0.6) is 0 Å². The molecule has 1 aliphatic rings. The Morgan fingerprint density at radius 3 is 1.96 bits per heavy atom. The summed E-state index contributed by atoms with van der Waals surface area (Å²) < 4.78 is 28.0. The van der Waals surface area contributed by atoms with Gasteiger partial charge < -0.3 is 0 Å². The Kier molecular flexibility index (Phi) is 3.52. The molecule has 0 radical (unpaired) electrons. The van der Waals surface area contributed by atoms with E-state index in [0.29, 0.717) is 4.90 Å².